The number of rotatable bonds is 4. The number of amides is 1. The third-order valence-corrected chi connectivity index (χ3v) is 6.17. The van der Waals surface area contributed by atoms with Gasteiger partial charge in [0.2, 0.25) is 5.91 Å². The number of hydrogen-bond acceptors (Lipinski definition) is 4. The first-order chi connectivity index (χ1) is 15.8. The van der Waals surface area contributed by atoms with Crippen molar-refractivity contribution >= 4 is 22.8 Å². The van der Waals surface area contributed by atoms with Crippen molar-refractivity contribution in [3.63, 3.8) is 0 Å². The van der Waals surface area contributed by atoms with Gasteiger partial charge in [-0.3, -0.25) is 4.79 Å². The minimum atomic E-state index is -0.377. The predicted molar refractivity (Wildman–Crippen MR) is 128 cm³/mol. The second-order valence-electron chi connectivity index (χ2n) is 8.39. The fraction of sp³-hybridized carbons (Fsp3) is 0.200. The zero-order valence-electron chi connectivity index (χ0n) is 19.0. The van der Waals surface area contributed by atoms with Crippen LogP contribution < -0.4 is 11.0 Å². The first kappa shape index (κ1) is 20.7. The zero-order chi connectivity index (χ0) is 23.3. The van der Waals surface area contributed by atoms with Gasteiger partial charge < -0.3 is 5.32 Å². The number of aryl methyl sites for hydroxylation is 3. The van der Waals surface area contributed by atoms with Gasteiger partial charge in [0.1, 0.15) is 12.1 Å². The summed E-state index contributed by atoms with van der Waals surface area (Å²) in [5, 5.41) is 12.0. The highest BCUT2D eigenvalue weighted by molar-refractivity contribution is 5.91. The number of nitrogens with zero attached hydrogens (tertiary/aromatic N) is 5. The molecule has 5 rings (SSSR count). The molecule has 1 amide bonds. The zero-order valence-corrected chi connectivity index (χ0v) is 19.0. The van der Waals surface area contributed by atoms with Gasteiger partial charge in [0, 0.05) is 23.6 Å². The lowest BCUT2D eigenvalue weighted by Gasteiger charge is -2.09. The molecule has 0 bridgehead atoms. The van der Waals surface area contributed by atoms with E-state index in [1.807, 2.05) is 44.2 Å². The molecule has 1 N–H and O–H groups in total. The summed E-state index contributed by atoms with van der Waals surface area (Å²) >= 11 is 0. The molecule has 0 radical (unpaired) electrons. The Morgan fingerprint density at radius 1 is 0.939 bits per heavy atom. The van der Waals surface area contributed by atoms with Crippen molar-refractivity contribution in [1.29, 1.82) is 0 Å². The molecule has 3 heterocycles. The number of aromatic nitrogens is 5. The van der Waals surface area contributed by atoms with E-state index in [-0.39, 0.29) is 18.1 Å². The van der Waals surface area contributed by atoms with Crippen molar-refractivity contribution < 1.29 is 4.79 Å². The van der Waals surface area contributed by atoms with Crippen LogP contribution in [0.5, 0.6) is 0 Å². The Balaban J connectivity index is 1.50. The van der Waals surface area contributed by atoms with Gasteiger partial charge in [0.25, 0.3) is 0 Å². The summed E-state index contributed by atoms with van der Waals surface area (Å²) < 4.78 is 4.32. The van der Waals surface area contributed by atoms with Crippen molar-refractivity contribution in [1.82, 2.24) is 23.8 Å². The van der Waals surface area contributed by atoms with Crippen molar-refractivity contribution in [2.24, 2.45) is 0 Å². The maximum Gasteiger partial charge on any atom is 0.350 e. The average Bonchev–Trinajstić information content (AvgIpc) is 3.35. The lowest BCUT2D eigenvalue weighted by molar-refractivity contribution is -0.117. The van der Waals surface area contributed by atoms with E-state index < -0.39 is 0 Å². The molecular weight excluding hydrogens is 416 g/mol. The second kappa shape index (κ2) is 7.74. The monoisotopic (exact) mass is 440 g/mol. The van der Waals surface area contributed by atoms with Crippen molar-refractivity contribution in [2.75, 3.05) is 5.32 Å². The van der Waals surface area contributed by atoms with E-state index in [1.54, 1.807) is 16.9 Å². The van der Waals surface area contributed by atoms with Gasteiger partial charge in [-0.05, 0) is 68.1 Å². The Labute approximate surface area is 190 Å². The topological polar surface area (TPSA) is 85.7 Å². The molecule has 3 aromatic heterocycles. The van der Waals surface area contributed by atoms with Gasteiger partial charge >= 0.3 is 5.69 Å². The molecular formula is C25H24N6O2. The van der Waals surface area contributed by atoms with Crippen molar-refractivity contribution in [3.05, 3.63) is 87.6 Å². The highest BCUT2D eigenvalue weighted by atomic mass is 16.2. The molecule has 0 spiro atoms. The number of nitrogens with one attached hydrogen (secondary N) is 1. The number of anilines is 1. The third kappa shape index (κ3) is 3.59. The van der Waals surface area contributed by atoms with Crippen LogP contribution in [0, 0.1) is 27.7 Å². The van der Waals surface area contributed by atoms with Crippen molar-refractivity contribution in [2.45, 2.75) is 34.2 Å². The van der Waals surface area contributed by atoms with Crippen LogP contribution in [0.2, 0.25) is 0 Å². The highest BCUT2D eigenvalue weighted by Gasteiger charge is 2.16. The van der Waals surface area contributed by atoms with Gasteiger partial charge in [0.05, 0.1) is 5.69 Å². The average molecular weight is 441 g/mol. The van der Waals surface area contributed by atoms with E-state index in [1.165, 1.54) is 20.2 Å². The third-order valence-electron chi connectivity index (χ3n) is 6.17. The summed E-state index contributed by atoms with van der Waals surface area (Å²) in [6.07, 6.45) is 3.34. The molecule has 0 atom stereocenters. The summed E-state index contributed by atoms with van der Waals surface area (Å²) in [5.41, 5.74) is 7.76. The molecule has 5 aromatic rings. The fourth-order valence-electron chi connectivity index (χ4n) is 3.89. The summed E-state index contributed by atoms with van der Waals surface area (Å²) in [7, 11) is 0. The van der Waals surface area contributed by atoms with Crippen LogP contribution in [0.3, 0.4) is 0 Å². The van der Waals surface area contributed by atoms with E-state index >= 15 is 0 Å². The minimum absolute atomic E-state index is 0.182. The number of hydrogen-bond donors (Lipinski definition) is 1. The Bertz CT molecular complexity index is 1610. The Kier molecular flexibility index (Phi) is 4.85. The first-order valence-electron chi connectivity index (χ1n) is 10.7. The van der Waals surface area contributed by atoms with Crippen LogP contribution in [0.4, 0.5) is 5.69 Å². The van der Waals surface area contributed by atoms with E-state index in [9.17, 15) is 9.59 Å². The van der Waals surface area contributed by atoms with Gasteiger partial charge in [-0.1, -0.05) is 24.3 Å². The number of carbonyl (C=O) groups excluding carboxylic acids is 1. The van der Waals surface area contributed by atoms with Crippen LogP contribution in [0.1, 0.15) is 22.3 Å². The Morgan fingerprint density at radius 3 is 2.55 bits per heavy atom. The van der Waals surface area contributed by atoms with E-state index in [4.69, 9.17) is 0 Å². The van der Waals surface area contributed by atoms with Crippen LogP contribution in [0.25, 0.3) is 22.4 Å². The minimum Gasteiger partial charge on any atom is -0.324 e. The maximum atomic E-state index is 12.9. The van der Waals surface area contributed by atoms with Crippen LogP contribution in [-0.2, 0) is 11.3 Å². The fourth-order valence-corrected chi connectivity index (χ4v) is 3.89. The van der Waals surface area contributed by atoms with E-state index in [0.29, 0.717) is 11.2 Å². The van der Waals surface area contributed by atoms with Crippen molar-refractivity contribution in [3.8, 4) is 11.3 Å². The molecule has 0 aliphatic carbocycles. The van der Waals surface area contributed by atoms with Gasteiger partial charge in [-0.25, -0.2) is 18.4 Å². The van der Waals surface area contributed by atoms with Crippen LogP contribution in [0.15, 0.2) is 59.7 Å². The Hall–Kier alpha value is -4.20. The Morgan fingerprint density at radius 2 is 1.76 bits per heavy atom. The lowest BCUT2D eigenvalue weighted by atomic mass is 10.0. The van der Waals surface area contributed by atoms with E-state index in [2.05, 4.69) is 41.5 Å². The predicted octanol–water partition coefficient (Wildman–Crippen LogP) is 3.68. The summed E-state index contributed by atoms with van der Waals surface area (Å²) in [6, 6.07) is 13.8. The number of carbonyl (C=O) groups is 1. The molecule has 2 aromatic carbocycles. The molecule has 33 heavy (non-hydrogen) atoms. The first-order valence-corrected chi connectivity index (χ1v) is 10.7. The van der Waals surface area contributed by atoms with Crippen LogP contribution >= 0.6 is 0 Å². The number of fused-ring (bicyclic) bond motifs is 3. The van der Waals surface area contributed by atoms with Gasteiger partial charge in [0.15, 0.2) is 5.65 Å². The normalized spacial score (nSPS) is 11.4. The molecule has 8 heteroatoms. The molecule has 0 saturated carbocycles. The largest absolute Gasteiger partial charge is 0.350 e. The number of benzene rings is 2. The molecule has 0 aliphatic heterocycles. The lowest BCUT2D eigenvalue weighted by Crippen LogP contribution is -2.28. The SMILES string of the molecule is Cc1ccc(-c2cc3c4nn(CC(=O)Nc5cccc(C)c5C)c(=O)n4ccn3n2)cc1C. The molecule has 166 valence electrons. The summed E-state index contributed by atoms with van der Waals surface area (Å²) in [4.78, 5) is 25.5. The molecule has 0 saturated heterocycles. The van der Waals surface area contributed by atoms with E-state index in [0.717, 1.165) is 28.1 Å². The molecule has 0 unspecified atom stereocenters. The molecule has 8 nitrogen and oxygen atoms in total. The summed E-state index contributed by atoms with van der Waals surface area (Å²) in [6.45, 7) is 7.89. The van der Waals surface area contributed by atoms with Gasteiger partial charge in [-0.15, -0.1) is 5.10 Å². The van der Waals surface area contributed by atoms with Gasteiger partial charge in [-0.2, -0.15) is 5.10 Å². The quantitative estimate of drug-likeness (QED) is 0.462. The second-order valence-corrected chi connectivity index (χ2v) is 8.39. The van der Waals surface area contributed by atoms with Crippen LogP contribution in [-0.4, -0.2) is 29.7 Å². The summed E-state index contributed by atoms with van der Waals surface area (Å²) in [5.74, 6) is -0.311. The smallest absolute Gasteiger partial charge is 0.324 e. The maximum absolute atomic E-state index is 12.9. The molecule has 0 fully saturated rings. The highest BCUT2D eigenvalue weighted by Crippen LogP contribution is 2.23. The standard InChI is InChI=1S/C25H24N6O2/c1-15-8-9-19(12-17(15)3)21-13-22-24-28-31(25(33)29(24)10-11-30(22)27-21)14-23(32)26-20-7-5-6-16(2)18(20)4/h5-13H,14H2,1-4H3,(H,26,32). The molecule has 0 aliphatic rings.